The van der Waals surface area contributed by atoms with E-state index in [4.69, 9.17) is 4.52 Å². The number of hydrogen-bond donors (Lipinski definition) is 0. The maximum Gasteiger partial charge on any atom is 0.171 e. The van der Waals surface area contributed by atoms with Crippen LogP contribution in [0.25, 0.3) is 11.3 Å². The Kier molecular flexibility index (Phi) is 8.32. The van der Waals surface area contributed by atoms with Gasteiger partial charge in [-0.05, 0) is 88.1 Å². The Morgan fingerprint density at radius 3 is 2.50 bits per heavy atom. The lowest BCUT2D eigenvalue weighted by Crippen LogP contribution is -2.37. The average molecular weight is 515 g/mol. The van der Waals surface area contributed by atoms with Gasteiger partial charge in [-0.1, -0.05) is 17.3 Å². The van der Waals surface area contributed by atoms with E-state index in [1.165, 1.54) is 24.3 Å². The van der Waals surface area contributed by atoms with Crippen LogP contribution in [0.15, 0.2) is 53.1 Å². The lowest BCUT2D eigenvalue weighted by molar-refractivity contribution is 0.0825. The monoisotopic (exact) mass is 514 g/mol. The largest absolute Gasteiger partial charge is 0.360 e. The number of rotatable bonds is 7. The fourth-order valence-corrected chi connectivity index (χ4v) is 5.33. The number of carbonyl (C=O) groups excluding carboxylic acids is 2. The van der Waals surface area contributed by atoms with E-state index < -0.39 is 0 Å². The van der Waals surface area contributed by atoms with Gasteiger partial charge in [0, 0.05) is 29.4 Å². The smallest absolute Gasteiger partial charge is 0.171 e. The molecule has 36 heavy (non-hydrogen) atoms. The summed E-state index contributed by atoms with van der Waals surface area (Å²) in [6.07, 6.45) is 4.64. The molecule has 5 rings (SSSR count). The van der Waals surface area contributed by atoms with Crippen LogP contribution in [0.5, 0.6) is 0 Å². The Morgan fingerprint density at radius 1 is 1.03 bits per heavy atom. The zero-order chi connectivity index (χ0) is 24.4. The lowest BCUT2D eigenvalue weighted by atomic mass is 9.82. The Morgan fingerprint density at radius 2 is 1.78 bits per heavy atom. The predicted octanol–water partition coefficient (Wildman–Crippen LogP) is 6.16. The Balaban J connectivity index is 0.00000304. The van der Waals surface area contributed by atoms with Gasteiger partial charge in [-0.25, -0.2) is 8.78 Å². The lowest BCUT2D eigenvalue weighted by Gasteiger charge is -2.31. The summed E-state index contributed by atoms with van der Waals surface area (Å²) in [6, 6.07) is 11.9. The molecule has 190 valence electrons. The number of nitrogens with zero attached hydrogens (tertiary/aromatic N) is 2. The zero-order valence-electron chi connectivity index (χ0n) is 19.9. The first-order chi connectivity index (χ1) is 17.0. The summed E-state index contributed by atoms with van der Waals surface area (Å²) in [6.45, 7) is 2.57. The Hall–Kier alpha value is -2.90. The molecule has 5 nitrogen and oxygen atoms in total. The van der Waals surface area contributed by atoms with Crippen molar-refractivity contribution < 1.29 is 22.9 Å². The van der Waals surface area contributed by atoms with E-state index >= 15 is 0 Å². The minimum atomic E-state index is -0.373. The molecule has 8 heteroatoms. The zero-order valence-corrected chi connectivity index (χ0v) is 20.7. The highest BCUT2D eigenvalue weighted by atomic mass is 35.5. The Labute approximate surface area is 215 Å². The minimum Gasteiger partial charge on any atom is -0.360 e. The number of fused-ring (bicyclic) bond motifs is 1. The number of Topliss-reactive ketones (excluding diaryl/α,β-unsaturated/α-hetero) is 2. The van der Waals surface area contributed by atoms with Crippen molar-refractivity contribution in [3.8, 4) is 11.3 Å². The first kappa shape index (κ1) is 26.2. The molecule has 1 aromatic heterocycles. The van der Waals surface area contributed by atoms with E-state index in [-0.39, 0.29) is 47.4 Å². The number of aromatic nitrogens is 1. The first-order valence-corrected chi connectivity index (χ1v) is 12.3. The number of carbonyl (C=O) groups is 2. The number of hydrogen-bond acceptors (Lipinski definition) is 5. The third-order valence-electron chi connectivity index (χ3n) is 7.31. The van der Waals surface area contributed by atoms with E-state index in [2.05, 4.69) is 10.1 Å². The van der Waals surface area contributed by atoms with Crippen molar-refractivity contribution in [1.82, 2.24) is 10.1 Å². The molecule has 1 aliphatic carbocycles. The molecule has 0 bridgehead atoms. The van der Waals surface area contributed by atoms with Crippen LogP contribution < -0.4 is 0 Å². The van der Waals surface area contributed by atoms with Crippen LogP contribution in [0.1, 0.15) is 58.6 Å². The summed E-state index contributed by atoms with van der Waals surface area (Å²) in [5, 5.41) is 4.08. The van der Waals surface area contributed by atoms with Crippen LogP contribution >= 0.6 is 12.4 Å². The number of piperidine rings is 1. The van der Waals surface area contributed by atoms with Gasteiger partial charge in [-0.3, -0.25) is 9.59 Å². The van der Waals surface area contributed by atoms with Crippen LogP contribution in [0.4, 0.5) is 8.78 Å². The molecule has 1 aliphatic heterocycles. The molecule has 2 aliphatic rings. The van der Waals surface area contributed by atoms with Gasteiger partial charge in [0.15, 0.2) is 11.6 Å². The normalized spacial score (nSPS) is 18.5. The van der Waals surface area contributed by atoms with Crippen LogP contribution in [-0.4, -0.2) is 41.3 Å². The highest BCUT2D eigenvalue weighted by Crippen LogP contribution is 2.35. The molecule has 0 saturated carbocycles. The number of likely N-dealkylation sites (tertiary alicyclic amines) is 1. The van der Waals surface area contributed by atoms with Crippen LogP contribution in [0.2, 0.25) is 0 Å². The molecule has 0 amide bonds. The van der Waals surface area contributed by atoms with Gasteiger partial charge in [0.05, 0.1) is 5.56 Å². The van der Waals surface area contributed by atoms with E-state index in [1.54, 1.807) is 24.3 Å². The fourth-order valence-electron chi connectivity index (χ4n) is 5.33. The second-order valence-electron chi connectivity index (χ2n) is 9.57. The summed E-state index contributed by atoms with van der Waals surface area (Å²) in [4.78, 5) is 28.3. The third-order valence-corrected chi connectivity index (χ3v) is 7.31. The van der Waals surface area contributed by atoms with E-state index in [0.29, 0.717) is 34.6 Å². The highest BCUT2D eigenvalue weighted by molar-refractivity contribution is 6.04. The molecule has 1 atom stereocenters. The molecule has 3 aromatic rings. The summed E-state index contributed by atoms with van der Waals surface area (Å²) < 4.78 is 32.2. The predicted molar refractivity (Wildman–Crippen MR) is 134 cm³/mol. The maximum atomic E-state index is 13.7. The topological polar surface area (TPSA) is 63.4 Å². The van der Waals surface area contributed by atoms with Crippen LogP contribution in [0, 0.1) is 23.5 Å². The molecule has 0 radical (unpaired) electrons. The van der Waals surface area contributed by atoms with Gasteiger partial charge in [0.2, 0.25) is 0 Å². The SMILES string of the molecule is Cl.O=C(c1ccc(F)cc1)C1CCN(CCCC2CCc3onc(-c4cccc(F)c4)c3C2=O)CC1. The van der Waals surface area contributed by atoms with Crippen molar-refractivity contribution in [2.75, 3.05) is 19.6 Å². The van der Waals surface area contributed by atoms with Crippen LogP contribution in [0.3, 0.4) is 0 Å². The summed E-state index contributed by atoms with van der Waals surface area (Å²) in [5.41, 5.74) is 2.07. The van der Waals surface area contributed by atoms with Crippen molar-refractivity contribution in [2.45, 2.75) is 38.5 Å². The molecular weight excluding hydrogens is 486 g/mol. The molecule has 2 aromatic carbocycles. The van der Waals surface area contributed by atoms with E-state index in [1.807, 2.05) is 0 Å². The molecule has 1 unspecified atom stereocenters. The van der Waals surface area contributed by atoms with Crippen molar-refractivity contribution in [3.05, 3.63) is 77.1 Å². The minimum absolute atomic E-state index is 0. The van der Waals surface area contributed by atoms with E-state index in [0.717, 1.165) is 51.7 Å². The van der Waals surface area contributed by atoms with Crippen LogP contribution in [-0.2, 0) is 6.42 Å². The van der Waals surface area contributed by atoms with Gasteiger partial charge < -0.3 is 9.42 Å². The molecule has 1 saturated heterocycles. The van der Waals surface area contributed by atoms with Crippen molar-refractivity contribution >= 4 is 24.0 Å². The van der Waals surface area contributed by atoms with Gasteiger partial charge in [-0.15, -0.1) is 12.4 Å². The Bertz CT molecular complexity index is 1220. The van der Waals surface area contributed by atoms with Gasteiger partial charge in [0.25, 0.3) is 0 Å². The average Bonchev–Trinajstić information content (AvgIpc) is 3.31. The number of benzene rings is 2. The van der Waals surface area contributed by atoms with E-state index in [9.17, 15) is 18.4 Å². The molecule has 1 fully saturated rings. The summed E-state index contributed by atoms with van der Waals surface area (Å²) in [7, 11) is 0. The van der Waals surface area contributed by atoms with Gasteiger partial charge in [-0.2, -0.15) is 0 Å². The third kappa shape index (κ3) is 5.57. The quantitative estimate of drug-likeness (QED) is 0.353. The molecule has 2 heterocycles. The van der Waals surface area contributed by atoms with Gasteiger partial charge in [0.1, 0.15) is 23.1 Å². The summed E-state index contributed by atoms with van der Waals surface area (Å²) >= 11 is 0. The molecule has 0 N–H and O–H groups in total. The standard InChI is InChI=1S/C28H28F2N2O3.ClH/c29-22-9-6-19(7-10-22)27(33)20-12-15-32(16-13-20)14-2-4-18-8-11-24-25(28(18)34)26(31-35-24)21-3-1-5-23(30)17-21;/h1,3,5-7,9-10,17-18,20H,2,4,8,11-16H2;1H. The second-order valence-corrected chi connectivity index (χ2v) is 9.57. The van der Waals surface area contributed by atoms with Gasteiger partial charge >= 0.3 is 0 Å². The fraction of sp³-hybridized carbons (Fsp3) is 0.393. The van der Waals surface area contributed by atoms with Crippen molar-refractivity contribution in [1.29, 1.82) is 0 Å². The first-order valence-electron chi connectivity index (χ1n) is 12.3. The number of halogens is 3. The second kappa shape index (κ2) is 11.4. The summed E-state index contributed by atoms with van der Waals surface area (Å²) in [5.74, 6) is -0.0954. The number of aryl methyl sites for hydroxylation is 1. The molecular formula is C28H29ClF2N2O3. The van der Waals surface area contributed by atoms with Crippen molar-refractivity contribution in [3.63, 3.8) is 0 Å². The van der Waals surface area contributed by atoms with Crippen molar-refractivity contribution in [2.24, 2.45) is 11.8 Å². The molecule has 0 spiro atoms. The maximum absolute atomic E-state index is 13.7. The highest BCUT2D eigenvalue weighted by Gasteiger charge is 2.34. The number of ketones is 2.